The number of nitrogens with one attached hydrogen (secondary N) is 2. The van der Waals surface area contributed by atoms with Gasteiger partial charge in [0.05, 0.1) is 0 Å². The highest BCUT2D eigenvalue weighted by molar-refractivity contribution is 5.22. The standard InChI is InChI=1S/C22H30N2/c1-18(16-19-10-4-2-5-11-19)24-17-21(20-12-6-3-7-13-20)22-14-8-9-15-23-22/h2-7,10-13,18,21-24H,8-9,14-17H2,1H3. The molecule has 1 fully saturated rings. The van der Waals surface area contributed by atoms with Crippen LogP contribution >= 0.6 is 0 Å². The summed E-state index contributed by atoms with van der Waals surface area (Å²) < 4.78 is 0. The quantitative estimate of drug-likeness (QED) is 0.801. The second-order valence-electron chi connectivity index (χ2n) is 7.07. The van der Waals surface area contributed by atoms with E-state index in [2.05, 4.69) is 78.2 Å². The molecule has 128 valence electrons. The number of piperidine rings is 1. The van der Waals surface area contributed by atoms with Crippen molar-refractivity contribution in [2.24, 2.45) is 0 Å². The predicted octanol–water partition coefficient (Wildman–Crippen LogP) is 4.13. The highest BCUT2D eigenvalue weighted by Gasteiger charge is 2.24. The van der Waals surface area contributed by atoms with Gasteiger partial charge in [0.15, 0.2) is 0 Å². The molecule has 0 saturated carbocycles. The Labute approximate surface area is 146 Å². The minimum atomic E-state index is 0.488. The molecular formula is C22H30N2. The maximum atomic E-state index is 3.79. The Bertz CT molecular complexity index is 575. The fourth-order valence-corrected chi connectivity index (χ4v) is 3.78. The van der Waals surface area contributed by atoms with Crippen molar-refractivity contribution in [3.8, 4) is 0 Å². The maximum Gasteiger partial charge on any atom is 0.0148 e. The van der Waals surface area contributed by atoms with Gasteiger partial charge < -0.3 is 10.6 Å². The van der Waals surface area contributed by atoms with Crippen LogP contribution in [-0.4, -0.2) is 25.2 Å². The average Bonchev–Trinajstić information content (AvgIpc) is 2.64. The second kappa shape index (κ2) is 9.00. The van der Waals surface area contributed by atoms with Crippen molar-refractivity contribution in [3.05, 3.63) is 71.8 Å². The molecule has 3 unspecified atom stereocenters. The molecule has 2 aromatic rings. The van der Waals surface area contributed by atoms with E-state index in [9.17, 15) is 0 Å². The van der Waals surface area contributed by atoms with Crippen molar-refractivity contribution < 1.29 is 0 Å². The summed E-state index contributed by atoms with van der Waals surface area (Å²) in [6.07, 6.45) is 5.03. The molecule has 0 aromatic heterocycles. The van der Waals surface area contributed by atoms with Crippen LogP contribution < -0.4 is 10.6 Å². The Hall–Kier alpha value is -1.64. The summed E-state index contributed by atoms with van der Waals surface area (Å²) in [5.41, 5.74) is 2.86. The van der Waals surface area contributed by atoms with Gasteiger partial charge in [0.2, 0.25) is 0 Å². The lowest BCUT2D eigenvalue weighted by molar-refractivity contribution is 0.333. The van der Waals surface area contributed by atoms with Gasteiger partial charge in [0.1, 0.15) is 0 Å². The molecule has 0 spiro atoms. The first-order valence-corrected chi connectivity index (χ1v) is 9.38. The minimum Gasteiger partial charge on any atom is -0.313 e. The zero-order chi connectivity index (χ0) is 16.6. The largest absolute Gasteiger partial charge is 0.313 e. The molecule has 2 nitrogen and oxygen atoms in total. The van der Waals surface area contributed by atoms with Gasteiger partial charge in [-0.3, -0.25) is 0 Å². The monoisotopic (exact) mass is 322 g/mol. The van der Waals surface area contributed by atoms with Gasteiger partial charge in [-0.2, -0.15) is 0 Å². The molecule has 1 saturated heterocycles. The summed E-state index contributed by atoms with van der Waals surface area (Å²) in [5, 5.41) is 7.54. The summed E-state index contributed by atoms with van der Waals surface area (Å²) in [6.45, 7) is 4.49. The molecule has 2 aromatic carbocycles. The van der Waals surface area contributed by atoms with Crippen molar-refractivity contribution in [2.45, 2.75) is 50.6 Å². The lowest BCUT2D eigenvalue weighted by Crippen LogP contribution is -2.44. The van der Waals surface area contributed by atoms with Crippen molar-refractivity contribution in [1.29, 1.82) is 0 Å². The first kappa shape index (κ1) is 17.2. The molecule has 2 N–H and O–H groups in total. The molecule has 1 aliphatic rings. The Morgan fingerprint density at radius 3 is 2.38 bits per heavy atom. The van der Waals surface area contributed by atoms with Gasteiger partial charge in [-0.15, -0.1) is 0 Å². The molecule has 3 atom stereocenters. The Kier molecular flexibility index (Phi) is 6.45. The predicted molar refractivity (Wildman–Crippen MR) is 102 cm³/mol. The van der Waals surface area contributed by atoms with E-state index < -0.39 is 0 Å². The van der Waals surface area contributed by atoms with Crippen molar-refractivity contribution in [2.75, 3.05) is 13.1 Å². The van der Waals surface area contributed by atoms with E-state index in [4.69, 9.17) is 0 Å². The average molecular weight is 322 g/mol. The Balaban J connectivity index is 1.61. The number of benzene rings is 2. The van der Waals surface area contributed by atoms with Crippen LogP contribution in [0.15, 0.2) is 60.7 Å². The van der Waals surface area contributed by atoms with Gasteiger partial charge in [0.25, 0.3) is 0 Å². The summed E-state index contributed by atoms with van der Waals surface area (Å²) in [5.74, 6) is 0.546. The maximum absolute atomic E-state index is 3.79. The van der Waals surface area contributed by atoms with Gasteiger partial charge in [-0.1, -0.05) is 67.1 Å². The topological polar surface area (TPSA) is 24.1 Å². The fraction of sp³-hybridized carbons (Fsp3) is 0.455. The molecule has 0 radical (unpaired) electrons. The highest BCUT2D eigenvalue weighted by atomic mass is 15.0. The molecule has 1 heterocycles. The molecule has 0 bridgehead atoms. The number of hydrogen-bond acceptors (Lipinski definition) is 2. The fourth-order valence-electron chi connectivity index (χ4n) is 3.78. The van der Waals surface area contributed by atoms with E-state index in [0.29, 0.717) is 18.0 Å². The van der Waals surface area contributed by atoms with E-state index in [1.165, 1.54) is 30.4 Å². The van der Waals surface area contributed by atoms with Gasteiger partial charge in [-0.05, 0) is 43.9 Å². The summed E-state index contributed by atoms with van der Waals surface area (Å²) in [7, 11) is 0. The zero-order valence-electron chi connectivity index (χ0n) is 14.7. The highest BCUT2D eigenvalue weighted by Crippen LogP contribution is 2.25. The first-order valence-electron chi connectivity index (χ1n) is 9.38. The van der Waals surface area contributed by atoms with Gasteiger partial charge >= 0.3 is 0 Å². The first-order chi connectivity index (χ1) is 11.8. The van der Waals surface area contributed by atoms with Crippen LogP contribution in [0, 0.1) is 0 Å². The van der Waals surface area contributed by atoms with Gasteiger partial charge in [-0.25, -0.2) is 0 Å². The lowest BCUT2D eigenvalue weighted by Gasteiger charge is -2.33. The van der Waals surface area contributed by atoms with Crippen LogP contribution in [0.4, 0.5) is 0 Å². The van der Waals surface area contributed by atoms with E-state index in [0.717, 1.165) is 19.5 Å². The molecule has 3 rings (SSSR count). The van der Waals surface area contributed by atoms with E-state index >= 15 is 0 Å². The van der Waals surface area contributed by atoms with E-state index in [1.807, 2.05) is 0 Å². The molecular weight excluding hydrogens is 292 g/mol. The van der Waals surface area contributed by atoms with Crippen LogP contribution in [0.2, 0.25) is 0 Å². The van der Waals surface area contributed by atoms with Crippen LogP contribution in [0.1, 0.15) is 43.2 Å². The van der Waals surface area contributed by atoms with Crippen LogP contribution in [0.5, 0.6) is 0 Å². The van der Waals surface area contributed by atoms with Crippen LogP contribution in [-0.2, 0) is 6.42 Å². The Morgan fingerprint density at radius 2 is 1.71 bits per heavy atom. The molecule has 0 aliphatic carbocycles. The van der Waals surface area contributed by atoms with E-state index in [-0.39, 0.29) is 0 Å². The number of rotatable bonds is 7. The molecule has 1 aliphatic heterocycles. The van der Waals surface area contributed by atoms with Gasteiger partial charge in [0, 0.05) is 24.5 Å². The second-order valence-corrected chi connectivity index (χ2v) is 7.07. The summed E-state index contributed by atoms with van der Waals surface area (Å²) in [6, 6.07) is 22.9. The molecule has 24 heavy (non-hydrogen) atoms. The van der Waals surface area contributed by atoms with Crippen LogP contribution in [0.25, 0.3) is 0 Å². The molecule has 0 amide bonds. The van der Waals surface area contributed by atoms with Crippen molar-refractivity contribution in [1.82, 2.24) is 10.6 Å². The summed E-state index contributed by atoms with van der Waals surface area (Å²) in [4.78, 5) is 0. The molecule has 2 heteroatoms. The zero-order valence-corrected chi connectivity index (χ0v) is 14.7. The third-order valence-electron chi connectivity index (χ3n) is 5.13. The summed E-state index contributed by atoms with van der Waals surface area (Å²) >= 11 is 0. The minimum absolute atomic E-state index is 0.488. The van der Waals surface area contributed by atoms with Crippen molar-refractivity contribution in [3.63, 3.8) is 0 Å². The van der Waals surface area contributed by atoms with Crippen LogP contribution in [0.3, 0.4) is 0 Å². The normalized spacial score (nSPS) is 20.5. The number of hydrogen-bond donors (Lipinski definition) is 2. The SMILES string of the molecule is CC(Cc1ccccc1)NCC(c1ccccc1)C1CCCCN1. The Morgan fingerprint density at radius 1 is 1.00 bits per heavy atom. The third-order valence-corrected chi connectivity index (χ3v) is 5.13. The smallest absolute Gasteiger partial charge is 0.0148 e. The third kappa shape index (κ3) is 4.93. The lowest BCUT2D eigenvalue weighted by atomic mass is 9.86. The van der Waals surface area contributed by atoms with E-state index in [1.54, 1.807) is 0 Å². The van der Waals surface area contributed by atoms with Crippen molar-refractivity contribution >= 4 is 0 Å².